The molecule has 2 heterocycles. The van der Waals surface area contributed by atoms with Gasteiger partial charge in [-0.25, -0.2) is 15.0 Å². The smallest absolute Gasteiger partial charge is 0.164 e. The molecule has 0 aliphatic heterocycles. The normalized spacial score (nSPS) is 11.0. The number of aromatic nitrogens is 4. The lowest BCUT2D eigenvalue weighted by Gasteiger charge is -2.10. The second-order valence-electron chi connectivity index (χ2n) is 10.0. The first kappa shape index (κ1) is 24.6. The van der Waals surface area contributed by atoms with E-state index in [0.29, 0.717) is 17.5 Å². The van der Waals surface area contributed by atoms with Crippen LogP contribution in [-0.4, -0.2) is 19.9 Å². The summed E-state index contributed by atoms with van der Waals surface area (Å²) in [5.74, 6) is 1.97. The Labute approximate surface area is 239 Å². The number of hydrogen-bond donors (Lipinski definition) is 0. The van der Waals surface area contributed by atoms with Gasteiger partial charge in [-0.15, -0.1) is 0 Å². The van der Waals surface area contributed by atoms with Crippen molar-refractivity contribution >= 4 is 10.9 Å². The van der Waals surface area contributed by atoms with E-state index in [-0.39, 0.29) is 0 Å². The molecule has 0 amide bonds. The molecule has 0 fully saturated rings. The molecule has 41 heavy (non-hydrogen) atoms. The summed E-state index contributed by atoms with van der Waals surface area (Å²) in [5, 5.41) is 1.16. The number of benzene rings is 5. The van der Waals surface area contributed by atoms with Crippen LogP contribution in [0.2, 0.25) is 0 Å². The van der Waals surface area contributed by atoms with E-state index < -0.39 is 0 Å². The van der Waals surface area contributed by atoms with E-state index in [1.54, 1.807) is 0 Å². The molecule has 2 aromatic heterocycles. The second kappa shape index (κ2) is 10.6. The summed E-state index contributed by atoms with van der Waals surface area (Å²) in [5.41, 5.74) is 9.57. The van der Waals surface area contributed by atoms with Gasteiger partial charge in [0.05, 0.1) is 5.52 Å². The first-order chi connectivity index (χ1) is 20.2. The maximum atomic E-state index is 4.85. The Kier molecular flexibility index (Phi) is 6.34. The molecule has 7 aromatic rings. The zero-order valence-electron chi connectivity index (χ0n) is 22.6. The van der Waals surface area contributed by atoms with E-state index in [1.165, 1.54) is 11.1 Å². The molecule has 5 aromatic carbocycles. The van der Waals surface area contributed by atoms with Gasteiger partial charge in [0.15, 0.2) is 17.5 Å². The summed E-state index contributed by atoms with van der Waals surface area (Å²) in [4.78, 5) is 19.2. The molecule has 0 spiro atoms. The van der Waals surface area contributed by atoms with Crippen molar-refractivity contribution in [2.24, 2.45) is 0 Å². The molecule has 0 atom stereocenters. The van der Waals surface area contributed by atoms with Gasteiger partial charge in [0, 0.05) is 27.8 Å². The standard InChI is InChI=1S/C37H26N4/c1-25-24-33(32-14-8-9-15-34(32)38-25)28-20-16-26(17-21-28)27-18-22-31(23-19-27)37-40-35(29-10-4-2-5-11-29)39-36(41-37)30-12-6-3-7-13-30/h2-24H,1H3. The van der Waals surface area contributed by atoms with Crippen LogP contribution in [0.5, 0.6) is 0 Å². The molecule has 0 bridgehead atoms. The van der Waals surface area contributed by atoms with Crippen molar-refractivity contribution in [3.63, 3.8) is 0 Å². The Morgan fingerprint density at radius 1 is 0.366 bits per heavy atom. The highest BCUT2D eigenvalue weighted by atomic mass is 15.0. The van der Waals surface area contributed by atoms with Crippen molar-refractivity contribution in [1.29, 1.82) is 0 Å². The van der Waals surface area contributed by atoms with Crippen LogP contribution in [0.15, 0.2) is 140 Å². The second-order valence-corrected chi connectivity index (χ2v) is 10.0. The van der Waals surface area contributed by atoms with Crippen LogP contribution in [0, 0.1) is 6.92 Å². The lowest BCUT2D eigenvalue weighted by Crippen LogP contribution is -2.00. The van der Waals surface area contributed by atoms with Gasteiger partial charge in [0.1, 0.15) is 0 Å². The van der Waals surface area contributed by atoms with Gasteiger partial charge in [0.2, 0.25) is 0 Å². The molecule has 194 valence electrons. The third-order valence-corrected chi connectivity index (χ3v) is 7.22. The minimum Gasteiger partial charge on any atom is -0.253 e. The van der Waals surface area contributed by atoms with Crippen molar-refractivity contribution in [1.82, 2.24) is 19.9 Å². The average Bonchev–Trinajstić information content (AvgIpc) is 3.05. The van der Waals surface area contributed by atoms with Crippen LogP contribution in [-0.2, 0) is 0 Å². The summed E-state index contributed by atoms with van der Waals surface area (Å²) >= 11 is 0. The highest BCUT2D eigenvalue weighted by molar-refractivity contribution is 5.95. The molecule has 0 radical (unpaired) electrons. The van der Waals surface area contributed by atoms with Crippen molar-refractivity contribution < 1.29 is 0 Å². The van der Waals surface area contributed by atoms with Crippen LogP contribution in [0.1, 0.15) is 5.69 Å². The van der Waals surface area contributed by atoms with Crippen LogP contribution in [0.3, 0.4) is 0 Å². The molecule has 4 nitrogen and oxygen atoms in total. The fourth-order valence-corrected chi connectivity index (χ4v) is 5.14. The van der Waals surface area contributed by atoms with Crippen molar-refractivity contribution in [3.8, 4) is 56.4 Å². The Balaban J connectivity index is 1.22. The third kappa shape index (κ3) is 4.99. The molecule has 0 unspecified atom stereocenters. The number of fused-ring (bicyclic) bond motifs is 1. The molecular weight excluding hydrogens is 500 g/mol. The third-order valence-electron chi connectivity index (χ3n) is 7.22. The van der Waals surface area contributed by atoms with Gasteiger partial charge in [-0.1, -0.05) is 127 Å². The first-order valence-electron chi connectivity index (χ1n) is 13.7. The van der Waals surface area contributed by atoms with E-state index in [2.05, 4.69) is 72.8 Å². The number of pyridine rings is 1. The molecule has 0 aliphatic rings. The topological polar surface area (TPSA) is 51.6 Å². The fraction of sp³-hybridized carbons (Fsp3) is 0.0270. The summed E-state index contributed by atoms with van der Waals surface area (Å²) in [6.07, 6.45) is 0. The SMILES string of the molecule is Cc1cc(-c2ccc(-c3ccc(-c4nc(-c5ccccc5)nc(-c5ccccc5)n4)cc3)cc2)c2ccccc2n1. The van der Waals surface area contributed by atoms with Gasteiger partial charge in [-0.3, -0.25) is 4.98 Å². The van der Waals surface area contributed by atoms with Gasteiger partial charge >= 0.3 is 0 Å². The van der Waals surface area contributed by atoms with Crippen LogP contribution < -0.4 is 0 Å². The lowest BCUT2D eigenvalue weighted by molar-refractivity contribution is 1.07. The molecule has 0 aliphatic carbocycles. The van der Waals surface area contributed by atoms with Crippen molar-refractivity contribution in [3.05, 3.63) is 145 Å². The summed E-state index contributed by atoms with van der Waals surface area (Å²) in [6.45, 7) is 2.05. The van der Waals surface area contributed by atoms with Gasteiger partial charge in [-0.2, -0.15) is 0 Å². The van der Waals surface area contributed by atoms with E-state index in [9.17, 15) is 0 Å². The predicted octanol–water partition coefficient (Wildman–Crippen LogP) is 9.06. The maximum absolute atomic E-state index is 4.85. The maximum Gasteiger partial charge on any atom is 0.164 e. The van der Waals surface area contributed by atoms with Gasteiger partial charge < -0.3 is 0 Å². The van der Waals surface area contributed by atoms with E-state index in [1.807, 2.05) is 73.7 Å². The number of nitrogens with zero attached hydrogens (tertiary/aromatic N) is 4. The Hall–Kier alpha value is -5.48. The van der Waals surface area contributed by atoms with E-state index >= 15 is 0 Å². The number of rotatable bonds is 5. The van der Waals surface area contributed by atoms with Crippen LogP contribution >= 0.6 is 0 Å². The largest absolute Gasteiger partial charge is 0.253 e. The van der Waals surface area contributed by atoms with Crippen molar-refractivity contribution in [2.45, 2.75) is 6.92 Å². The zero-order chi connectivity index (χ0) is 27.6. The molecule has 0 saturated carbocycles. The Morgan fingerprint density at radius 2 is 0.780 bits per heavy atom. The number of para-hydroxylation sites is 1. The Bertz CT molecular complexity index is 1910. The Morgan fingerprint density at radius 3 is 1.32 bits per heavy atom. The molecule has 0 saturated heterocycles. The predicted molar refractivity (Wildman–Crippen MR) is 167 cm³/mol. The minimum atomic E-state index is 0.652. The summed E-state index contributed by atoms with van der Waals surface area (Å²) in [6, 6.07) is 47.7. The first-order valence-corrected chi connectivity index (χ1v) is 13.7. The van der Waals surface area contributed by atoms with Gasteiger partial charge in [-0.05, 0) is 41.3 Å². The molecule has 0 N–H and O–H groups in total. The zero-order valence-corrected chi connectivity index (χ0v) is 22.6. The quantitative estimate of drug-likeness (QED) is 0.224. The number of aryl methyl sites for hydroxylation is 1. The highest BCUT2D eigenvalue weighted by Crippen LogP contribution is 2.31. The average molecular weight is 527 g/mol. The minimum absolute atomic E-state index is 0.652. The van der Waals surface area contributed by atoms with Crippen LogP contribution in [0.25, 0.3) is 67.3 Å². The van der Waals surface area contributed by atoms with Crippen LogP contribution in [0.4, 0.5) is 0 Å². The van der Waals surface area contributed by atoms with E-state index in [0.717, 1.165) is 44.4 Å². The summed E-state index contributed by atoms with van der Waals surface area (Å²) in [7, 11) is 0. The van der Waals surface area contributed by atoms with E-state index in [4.69, 9.17) is 19.9 Å². The van der Waals surface area contributed by atoms with Crippen molar-refractivity contribution in [2.75, 3.05) is 0 Å². The lowest BCUT2D eigenvalue weighted by atomic mass is 9.97. The molecule has 4 heteroatoms. The molecular formula is C37H26N4. The summed E-state index contributed by atoms with van der Waals surface area (Å²) < 4.78 is 0. The molecule has 7 rings (SSSR count). The highest BCUT2D eigenvalue weighted by Gasteiger charge is 2.12. The monoisotopic (exact) mass is 526 g/mol. The fourth-order valence-electron chi connectivity index (χ4n) is 5.14. The number of hydrogen-bond acceptors (Lipinski definition) is 4. The van der Waals surface area contributed by atoms with Gasteiger partial charge in [0.25, 0.3) is 0 Å².